The van der Waals surface area contributed by atoms with E-state index in [1.165, 1.54) is 154 Å². The van der Waals surface area contributed by atoms with Crippen molar-refractivity contribution in [3.8, 4) is 0 Å². The molecule has 1 rings (SSSR count). The van der Waals surface area contributed by atoms with Crippen LogP contribution in [0.4, 0.5) is 0 Å². The van der Waals surface area contributed by atoms with E-state index >= 15 is 0 Å². The zero-order valence-corrected chi connectivity index (χ0v) is 59.4. The van der Waals surface area contributed by atoms with Gasteiger partial charge in [0, 0.05) is 25.7 Å². The van der Waals surface area contributed by atoms with E-state index in [0.717, 1.165) is 128 Å². The quantitative estimate of drug-likeness (QED) is 0.0126. The maximum Gasteiger partial charge on any atom is 0.404 e. The normalized spacial score (nSPS) is 20.1. The Bertz CT molecular complexity index is 1900. The molecule has 5 N–H and O–H groups in total. The number of hydrogen-bond acceptors (Lipinski definition) is 14. The Balaban J connectivity index is 3.31. The topological polar surface area (TPSA) is 216 Å². The molecule has 14 nitrogen and oxygen atoms in total. The molecule has 0 aromatic carbocycles. The lowest BCUT2D eigenvalue weighted by molar-refractivity contribution is -0.593. The van der Waals surface area contributed by atoms with Crippen LogP contribution < -0.4 is 0 Å². The van der Waals surface area contributed by atoms with Crippen molar-refractivity contribution in [3.63, 3.8) is 0 Å². The van der Waals surface area contributed by atoms with Crippen LogP contribution in [0, 0.1) is 0 Å². The number of unbranched alkanes of at least 4 members (excludes halogenated alkanes) is 44. The third-order valence-corrected chi connectivity index (χ3v) is 17.9. The summed E-state index contributed by atoms with van der Waals surface area (Å²) in [6, 6.07) is 0. The van der Waals surface area contributed by atoms with Gasteiger partial charge in [-0.2, -0.15) is 0 Å². The number of carbonyl (C=O) groups is 4. The van der Waals surface area contributed by atoms with Gasteiger partial charge in [-0.15, -0.1) is 0 Å². The molecule has 0 amide bonds. The monoisotopic (exact) mass is 1300 g/mol. The summed E-state index contributed by atoms with van der Waals surface area (Å²) in [5, 5.41) is 61.6. The molecule has 1 fully saturated rings. The highest BCUT2D eigenvalue weighted by Gasteiger charge is 2.87. The molecule has 1 heterocycles. The summed E-state index contributed by atoms with van der Waals surface area (Å²) in [6.07, 6.45) is 66.3. The minimum Gasteiger partial charge on any atom is -0.423 e. The van der Waals surface area contributed by atoms with Crippen molar-refractivity contribution in [1.29, 1.82) is 0 Å². The van der Waals surface area contributed by atoms with Gasteiger partial charge in [0.25, 0.3) is 0 Å². The predicted octanol–water partition coefficient (Wildman–Crippen LogP) is 20.4. The van der Waals surface area contributed by atoms with Crippen LogP contribution in [-0.2, 0) is 42.9 Å². The van der Waals surface area contributed by atoms with Gasteiger partial charge in [-0.3, -0.25) is 23.9 Å². The highest BCUT2D eigenvalue weighted by Crippen LogP contribution is 2.52. The SMILES string of the molecule is CCCCCCCC/C=C\CCCCCCCC(=O)OC1(O)O[C@H](CO)[C@](O)(OC(=O)CCCCCCC/C=C\CCCCCCCC)[C@](O)(OC(=O)CCCCCCC/C=C\CCCCCCCC)[C@@]1(O)OC(=O)CCCCCCC/C=C\CCCCCCCC. The smallest absolute Gasteiger partial charge is 0.404 e. The third-order valence-electron chi connectivity index (χ3n) is 17.9. The fraction of sp³-hybridized carbons (Fsp3) is 0.846. The molecule has 1 aliphatic rings. The molecule has 0 bridgehead atoms. The van der Waals surface area contributed by atoms with Crippen LogP contribution in [-0.4, -0.2) is 85.5 Å². The largest absolute Gasteiger partial charge is 0.423 e. The number of hydrogen-bond donors (Lipinski definition) is 5. The van der Waals surface area contributed by atoms with Crippen molar-refractivity contribution >= 4 is 23.9 Å². The molecule has 536 valence electrons. The van der Waals surface area contributed by atoms with Gasteiger partial charge >= 0.3 is 47.2 Å². The van der Waals surface area contributed by atoms with Crippen LogP contribution in [0.3, 0.4) is 0 Å². The van der Waals surface area contributed by atoms with Crippen molar-refractivity contribution in [2.24, 2.45) is 0 Å². The van der Waals surface area contributed by atoms with E-state index in [0.29, 0.717) is 25.7 Å². The molecular weight excluding hydrogens is 1160 g/mol. The maximum atomic E-state index is 14.1. The van der Waals surface area contributed by atoms with Gasteiger partial charge < -0.3 is 44.5 Å². The van der Waals surface area contributed by atoms with Gasteiger partial charge in [0.1, 0.15) is 0 Å². The van der Waals surface area contributed by atoms with Crippen molar-refractivity contribution in [3.05, 3.63) is 48.6 Å². The van der Waals surface area contributed by atoms with Gasteiger partial charge in [0.15, 0.2) is 6.10 Å². The lowest BCUT2D eigenvalue weighted by Crippen LogP contribution is -2.87. The second-order valence-corrected chi connectivity index (χ2v) is 26.6. The molecule has 14 heteroatoms. The van der Waals surface area contributed by atoms with E-state index in [1.807, 2.05) is 0 Å². The lowest BCUT2D eigenvalue weighted by atomic mass is 9.85. The molecule has 0 spiro atoms. The number of allylic oxidation sites excluding steroid dienone is 8. The Morgan fingerprint density at radius 3 is 0.750 bits per heavy atom. The molecule has 92 heavy (non-hydrogen) atoms. The highest BCUT2D eigenvalue weighted by atomic mass is 16.9. The van der Waals surface area contributed by atoms with E-state index in [9.17, 15) is 44.7 Å². The van der Waals surface area contributed by atoms with Gasteiger partial charge in [-0.1, -0.05) is 282 Å². The van der Waals surface area contributed by atoms with Crippen molar-refractivity contribution in [2.45, 2.75) is 417 Å². The summed E-state index contributed by atoms with van der Waals surface area (Å²) in [6.45, 7) is 7.54. The Kier molecular flexibility index (Phi) is 55.5. The number of rotatable bonds is 65. The first-order valence-corrected chi connectivity index (χ1v) is 38.4. The van der Waals surface area contributed by atoms with Crippen LogP contribution in [0.25, 0.3) is 0 Å². The second-order valence-electron chi connectivity index (χ2n) is 26.6. The van der Waals surface area contributed by atoms with Gasteiger partial charge in [0.05, 0.1) is 6.61 Å². The highest BCUT2D eigenvalue weighted by molar-refractivity contribution is 5.73. The van der Waals surface area contributed by atoms with Gasteiger partial charge in [0.2, 0.25) is 0 Å². The first-order valence-electron chi connectivity index (χ1n) is 38.4. The van der Waals surface area contributed by atoms with E-state index < -0.39 is 72.8 Å². The van der Waals surface area contributed by atoms with Crippen LogP contribution in [0.2, 0.25) is 0 Å². The average molecular weight is 1300 g/mol. The average Bonchev–Trinajstić information content (AvgIpc) is 0.688. The first kappa shape index (κ1) is 86.6. The van der Waals surface area contributed by atoms with Crippen LogP contribution in [0.15, 0.2) is 48.6 Å². The zero-order chi connectivity index (χ0) is 67.4. The zero-order valence-electron chi connectivity index (χ0n) is 59.4. The van der Waals surface area contributed by atoms with E-state index in [4.69, 9.17) is 23.7 Å². The van der Waals surface area contributed by atoms with Crippen molar-refractivity contribution in [1.82, 2.24) is 0 Å². The van der Waals surface area contributed by atoms with E-state index in [1.54, 1.807) is 0 Å². The third kappa shape index (κ3) is 40.9. The minimum absolute atomic E-state index is 0.235. The lowest BCUT2D eigenvalue weighted by Gasteiger charge is -2.57. The summed E-state index contributed by atoms with van der Waals surface area (Å²) < 4.78 is 27.7. The Morgan fingerprint density at radius 1 is 0.293 bits per heavy atom. The Hall–Kier alpha value is -3.40. The predicted molar refractivity (Wildman–Crippen MR) is 374 cm³/mol. The molecular formula is C78H140O14. The number of ether oxygens (including phenoxy) is 5. The molecule has 1 unspecified atom stereocenters. The summed E-state index contributed by atoms with van der Waals surface area (Å²) in [5.74, 6) is -20.8. The van der Waals surface area contributed by atoms with Gasteiger partial charge in [-0.25, -0.2) is 0 Å². The molecule has 1 aliphatic heterocycles. The number of aliphatic hydroxyl groups excluding tert-OH is 1. The van der Waals surface area contributed by atoms with Gasteiger partial charge in [-0.05, 0) is 128 Å². The number of aliphatic hydroxyl groups is 5. The van der Waals surface area contributed by atoms with Crippen molar-refractivity contribution < 1.29 is 68.4 Å². The molecule has 1 saturated heterocycles. The Labute approximate surface area is 561 Å². The fourth-order valence-electron chi connectivity index (χ4n) is 11.9. The Morgan fingerprint density at radius 2 is 0.500 bits per heavy atom. The van der Waals surface area contributed by atoms with Crippen LogP contribution in [0.1, 0.15) is 387 Å². The van der Waals surface area contributed by atoms with Crippen LogP contribution in [0.5, 0.6) is 0 Å². The second kappa shape index (κ2) is 58.9. The van der Waals surface area contributed by atoms with E-state index in [-0.39, 0.29) is 38.5 Å². The molecule has 5 atom stereocenters. The number of carbonyl (C=O) groups excluding carboxylic acids is 4. The summed E-state index contributed by atoms with van der Waals surface area (Å²) >= 11 is 0. The molecule has 0 radical (unpaired) electrons. The number of esters is 4. The molecule has 0 aliphatic carbocycles. The minimum atomic E-state index is -4.20. The molecule has 0 aromatic rings. The molecule has 0 saturated carbocycles. The summed E-state index contributed by atoms with van der Waals surface area (Å²) in [5.41, 5.74) is 0. The summed E-state index contributed by atoms with van der Waals surface area (Å²) in [7, 11) is 0. The fourth-order valence-corrected chi connectivity index (χ4v) is 11.9. The van der Waals surface area contributed by atoms with Crippen LogP contribution >= 0.6 is 0 Å². The summed E-state index contributed by atoms with van der Waals surface area (Å²) in [4.78, 5) is 55.7. The standard InChI is InChI=1S/C78H140O14/c1-5-9-13-17-21-25-29-33-37-41-45-49-53-57-61-65-71(80)89-75(84)70(69-79)88-78(87,92-74(83)68-64-60-56-52-48-44-40-36-32-28-24-20-16-12-8-4)77(86,91-73(82)67-63-59-55-51-47-43-39-35-31-27-23-19-15-11-7-3)76(75,85)90-72(81)66-62-58-54-50-46-42-38-34-30-26-22-18-14-10-6-2/h33-40,70,79,84-87H,5-32,41-69H2,1-4H3/b37-33-,38-34-,39-35-,40-36-/t70-,75+,76+,77-,78?/m1/s1. The molecule has 0 aromatic heterocycles. The first-order chi connectivity index (χ1) is 44.7. The van der Waals surface area contributed by atoms with Crippen molar-refractivity contribution in [2.75, 3.05) is 6.61 Å². The van der Waals surface area contributed by atoms with E-state index in [2.05, 4.69) is 76.3 Å². The maximum absolute atomic E-state index is 14.1.